The molecule has 1 aliphatic heterocycles. The largest absolute Gasteiger partial charge is 0.393 e. The first-order valence-corrected chi connectivity index (χ1v) is 7.17. The molecular weight excluding hydrogens is 256 g/mol. The van der Waals surface area contributed by atoms with Crippen LogP contribution in [0.15, 0.2) is 30.3 Å². The topological polar surface area (TPSA) is 38.5 Å². The molecule has 2 N–H and O–H groups in total. The predicted octanol–water partition coefficient (Wildman–Crippen LogP) is 2.51. The molecule has 0 saturated carbocycles. The molecule has 19 heavy (non-hydrogen) atoms. The Bertz CT molecular complexity index is 423. The summed E-state index contributed by atoms with van der Waals surface area (Å²) < 4.78 is 5.67. The van der Waals surface area contributed by atoms with Crippen LogP contribution in [-0.4, -0.2) is 35.7 Å². The van der Waals surface area contributed by atoms with Gasteiger partial charge in [0.05, 0.1) is 11.1 Å². The van der Waals surface area contributed by atoms with Crippen molar-refractivity contribution in [2.75, 3.05) is 13.7 Å². The Hall–Kier alpha value is -0.970. The van der Waals surface area contributed by atoms with Crippen molar-refractivity contribution in [3.05, 3.63) is 35.9 Å². The van der Waals surface area contributed by atoms with E-state index in [1.54, 1.807) is 0 Å². The molecular formula is C15H22N2OS. The van der Waals surface area contributed by atoms with Crippen molar-refractivity contribution in [1.29, 1.82) is 0 Å². The zero-order chi connectivity index (χ0) is 13.8. The molecule has 1 aromatic rings. The molecule has 2 rings (SSSR count). The summed E-state index contributed by atoms with van der Waals surface area (Å²) >= 11 is 5.11. The SMILES string of the molecule is CC1OCCC1N(C)C(CC(N)=S)c1ccccc1. The molecule has 3 nitrogen and oxygen atoms in total. The zero-order valence-corrected chi connectivity index (χ0v) is 12.4. The summed E-state index contributed by atoms with van der Waals surface area (Å²) in [5, 5.41) is 0. The molecule has 0 bridgehead atoms. The number of ether oxygens (including phenoxy) is 1. The van der Waals surface area contributed by atoms with Crippen molar-refractivity contribution in [3.63, 3.8) is 0 Å². The standard InChI is InChI=1S/C15H22N2OS/c1-11-13(8-9-18-11)17(2)14(10-15(16)19)12-6-4-3-5-7-12/h3-7,11,13-14H,8-10H2,1-2H3,(H2,16,19). The predicted molar refractivity (Wildman–Crippen MR) is 82.2 cm³/mol. The summed E-state index contributed by atoms with van der Waals surface area (Å²) in [6.07, 6.45) is 2.04. The first kappa shape index (κ1) is 14.4. The number of nitrogens with two attached hydrogens (primary N) is 1. The van der Waals surface area contributed by atoms with E-state index in [1.165, 1.54) is 5.56 Å². The minimum atomic E-state index is 0.229. The Morgan fingerprint density at radius 2 is 2.16 bits per heavy atom. The maximum absolute atomic E-state index is 5.78. The smallest absolute Gasteiger partial charge is 0.0746 e. The highest BCUT2D eigenvalue weighted by atomic mass is 32.1. The second-order valence-corrected chi connectivity index (χ2v) is 5.72. The zero-order valence-electron chi connectivity index (χ0n) is 11.6. The molecule has 1 aromatic carbocycles. The molecule has 0 spiro atoms. The minimum Gasteiger partial charge on any atom is -0.393 e. The quantitative estimate of drug-likeness (QED) is 0.840. The lowest BCUT2D eigenvalue weighted by molar-refractivity contribution is 0.0683. The monoisotopic (exact) mass is 278 g/mol. The van der Waals surface area contributed by atoms with Crippen LogP contribution in [0.4, 0.5) is 0 Å². The van der Waals surface area contributed by atoms with Gasteiger partial charge >= 0.3 is 0 Å². The third-order valence-corrected chi connectivity index (χ3v) is 4.10. The Labute approximate surface area is 120 Å². The molecule has 0 aliphatic carbocycles. The van der Waals surface area contributed by atoms with Gasteiger partial charge in [-0.15, -0.1) is 0 Å². The van der Waals surface area contributed by atoms with Crippen molar-refractivity contribution in [2.24, 2.45) is 5.73 Å². The average molecular weight is 278 g/mol. The van der Waals surface area contributed by atoms with Gasteiger partial charge in [-0.2, -0.15) is 0 Å². The van der Waals surface area contributed by atoms with Crippen LogP contribution in [-0.2, 0) is 4.74 Å². The van der Waals surface area contributed by atoms with E-state index in [0.717, 1.165) is 13.0 Å². The van der Waals surface area contributed by atoms with E-state index in [4.69, 9.17) is 22.7 Å². The van der Waals surface area contributed by atoms with E-state index >= 15 is 0 Å². The van der Waals surface area contributed by atoms with E-state index < -0.39 is 0 Å². The number of benzene rings is 1. The lowest BCUT2D eigenvalue weighted by atomic mass is 9.99. The van der Waals surface area contributed by atoms with Crippen LogP contribution in [0, 0.1) is 0 Å². The van der Waals surface area contributed by atoms with E-state index in [-0.39, 0.29) is 12.1 Å². The highest BCUT2D eigenvalue weighted by Crippen LogP contribution is 2.29. The van der Waals surface area contributed by atoms with Crippen molar-refractivity contribution in [2.45, 2.75) is 38.0 Å². The Balaban J connectivity index is 2.19. The molecule has 1 saturated heterocycles. The van der Waals surface area contributed by atoms with Crippen LogP contribution < -0.4 is 5.73 Å². The van der Waals surface area contributed by atoms with Crippen LogP contribution in [0.1, 0.15) is 31.4 Å². The number of rotatable bonds is 5. The van der Waals surface area contributed by atoms with Crippen molar-refractivity contribution in [1.82, 2.24) is 4.90 Å². The summed E-state index contributed by atoms with van der Waals surface area (Å²) in [7, 11) is 2.14. The molecule has 0 aromatic heterocycles. The van der Waals surface area contributed by atoms with E-state index in [2.05, 4.69) is 43.1 Å². The van der Waals surface area contributed by atoms with Gasteiger partial charge in [0.1, 0.15) is 0 Å². The van der Waals surface area contributed by atoms with Gasteiger partial charge in [-0.25, -0.2) is 0 Å². The number of hydrogen-bond acceptors (Lipinski definition) is 3. The molecule has 3 unspecified atom stereocenters. The fourth-order valence-corrected chi connectivity index (χ4v) is 3.01. The van der Waals surface area contributed by atoms with Gasteiger partial charge in [0, 0.05) is 25.1 Å². The fourth-order valence-electron chi connectivity index (χ4n) is 2.85. The highest BCUT2D eigenvalue weighted by Gasteiger charge is 2.32. The molecule has 3 atom stereocenters. The molecule has 1 heterocycles. The first-order chi connectivity index (χ1) is 9.09. The molecule has 0 radical (unpaired) electrons. The number of thiocarbonyl (C=S) groups is 1. The van der Waals surface area contributed by atoms with Crippen LogP contribution in [0.3, 0.4) is 0 Å². The Morgan fingerprint density at radius 3 is 2.68 bits per heavy atom. The summed E-state index contributed by atoms with van der Waals surface area (Å²) in [5.74, 6) is 0. The van der Waals surface area contributed by atoms with Gasteiger partial charge in [0.2, 0.25) is 0 Å². The molecule has 1 aliphatic rings. The normalized spacial score (nSPS) is 24.6. The second kappa shape index (κ2) is 6.46. The highest BCUT2D eigenvalue weighted by molar-refractivity contribution is 7.80. The van der Waals surface area contributed by atoms with Gasteiger partial charge in [0.25, 0.3) is 0 Å². The summed E-state index contributed by atoms with van der Waals surface area (Å²) in [6, 6.07) is 11.1. The van der Waals surface area contributed by atoms with Crippen molar-refractivity contribution in [3.8, 4) is 0 Å². The van der Waals surface area contributed by atoms with Crippen LogP contribution in [0.5, 0.6) is 0 Å². The molecule has 1 fully saturated rings. The average Bonchev–Trinajstić information content (AvgIpc) is 2.82. The van der Waals surface area contributed by atoms with Gasteiger partial charge in [-0.1, -0.05) is 42.5 Å². The number of likely N-dealkylation sites (N-methyl/N-ethyl adjacent to an activating group) is 1. The second-order valence-electron chi connectivity index (χ2n) is 5.19. The van der Waals surface area contributed by atoms with E-state index in [1.807, 2.05) is 6.07 Å². The summed E-state index contributed by atoms with van der Waals surface area (Å²) in [5.41, 5.74) is 7.04. The van der Waals surface area contributed by atoms with Crippen LogP contribution in [0.25, 0.3) is 0 Å². The summed E-state index contributed by atoms with van der Waals surface area (Å²) in [6.45, 7) is 2.97. The Kier molecular flexibility index (Phi) is 4.91. The van der Waals surface area contributed by atoms with Crippen molar-refractivity contribution < 1.29 is 4.74 Å². The van der Waals surface area contributed by atoms with Gasteiger partial charge in [0.15, 0.2) is 0 Å². The third-order valence-electron chi connectivity index (χ3n) is 3.93. The number of nitrogens with zero attached hydrogens (tertiary/aromatic N) is 1. The van der Waals surface area contributed by atoms with Gasteiger partial charge in [-0.3, -0.25) is 4.90 Å². The fraction of sp³-hybridized carbons (Fsp3) is 0.533. The number of hydrogen-bond donors (Lipinski definition) is 1. The maximum Gasteiger partial charge on any atom is 0.0746 e. The lowest BCUT2D eigenvalue weighted by Crippen LogP contribution is -2.40. The van der Waals surface area contributed by atoms with E-state index in [9.17, 15) is 0 Å². The molecule has 4 heteroatoms. The van der Waals surface area contributed by atoms with Crippen LogP contribution >= 0.6 is 12.2 Å². The molecule has 0 amide bonds. The lowest BCUT2D eigenvalue weighted by Gasteiger charge is -2.34. The maximum atomic E-state index is 5.78. The summed E-state index contributed by atoms with van der Waals surface area (Å²) in [4.78, 5) is 2.93. The minimum absolute atomic E-state index is 0.229. The first-order valence-electron chi connectivity index (χ1n) is 6.76. The van der Waals surface area contributed by atoms with Gasteiger partial charge < -0.3 is 10.5 Å². The van der Waals surface area contributed by atoms with Crippen molar-refractivity contribution >= 4 is 17.2 Å². The third kappa shape index (κ3) is 3.53. The van der Waals surface area contributed by atoms with Gasteiger partial charge in [-0.05, 0) is 26.0 Å². The molecule has 104 valence electrons. The van der Waals surface area contributed by atoms with E-state index in [0.29, 0.717) is 17.5 Å². The Morgan fingerprint density at radius 1 is 1.47 bits per heavy atom. The van der Waals surface area contributed by atoms with Crippen LogP contribution in [0.2, 0.25) is 0 Å².